The molecule has 2 rings (SSSR count). The molecule has 2 unspecified atom stereocenters. The zero-order valence-corrected chi connectivity index (χ0v) is 12.7. The Balaban J connectivity index is 1.86. The molecule has 0 aromatic carbocycles. The molecule has 0 amide bonds. The molecule has 0 saturated heterocycles. The average Bonchev–Trinajstić information content (AvgIpc) is 2.76. The van der Waals surface area contributed by atoms with E-state index in [1.165, 1.54) is 23.6 Å². The zero-order valence-electron chi connectivity index (χ0n) is 11.9. The van der Waals surface area contributed by atoms with Crippen LogP contribution in [0.25, 0.3) is 0 Å². The lowest BCUT2D eigenvalue weighted by Crippen LogP contribution is -2.37. The Morgan fingerprint density at radius 2 is 1.74 bits per heavy atom. The van der Waals surface area contributed by atoms with Crippen molar-refractivity contribution in [3.63, 3.8) is 0 Å². The van der Waals surface area contributed by atoms with Gasteiger partial charge in [0.1, 0.15) is 0 Å². The van der Waals surface area contributed by atoms with Crippen LogP contribution in [0.5, 0.6) is 0 Å². The smallest absolute Gasteiger partial charge is 0.214 e. The Labute approximate surface area is 117 Å². The van der Waals surface area contributed by atoms with E-state index in [-0.39, 0.29) is 12.0 Å². The predicted molar refractivity (Wildman–Crippen MR) is 76.3 cm³/mol. The van der Waals surface area contributed by atoms with Gasteiger partial charge in [-0.3, -0.25) is 0 Å². The number of aliphatic hydroxyl groups is 1. The lowest BCUT2D eigenvalue weighted by Gasteiger charge is -2.27. The first kappa shape index (κ1) is 15.3. The number of sulfonamides is 1. The molecule has 2 saturated carbocycles. The first-order chi connectivity index (χ1) is 8.99. The normalized spacial score (nSPS) is 30.1. The number of rotatable bonds is 5. The first-order valence-electron chi connectivity index (χ1n) is 7.61. The lowest BCUT2D eigenvalue weighted by atomic mass is 9.91. The van der Waals surface area contributed by atoms with Crippen LogP contribution in [0, 0.1) is 11.8 Å². The third-order valence-electron chi connectivity index (χ3n) is 4.76. The molecule has 0 aromatic heterocycles. The van der Waals surface area contributed by atoms with Gasteiger partial charge in [-0.05, 0) is 37.5 Å². The SMILES string of the molecule is CN(CC1CCCC1O)S(=O)(=O)CC1CCCCC1. The molecule has 0 aromatic rings. The predicted octanol–water partition coefficient (Wildman–Crippen LogP) is 1.99. The highest BCUT2D eigenvalue weighted by molar-refractivity contribution is 7.89. The Bertz CT molecular complexity index is 376. The average molecular weight is 289 g/mol. The number of nitrogens with zero attached hydrogens (tertiary/aromatic N) is 1. The van der Waals surface area contributed by atoms with Crippen molar-refractivity contribution in [2.45, 2.75) is 57.5 Å². The highest BCUT2D eigenvalue weighted by atomic mass is 32.2. The van der Waals surface area contributed by atoms with Crippen molar-refractivity contribution in [2.24, 2.45) is 11.8 Å². The van der Waals surface area contributed by atoms with E-state index in [9.17, 15) is 13.5 Å². The Morgan fingerprint density at radius 3 is 2.32 bits per heavy atom. The minimum absolute atomic E-state index is 0.131. The molecule has 0 bridgehead atoms. The van der Waals surface area contributed by atoms with Crippen LogP contribution < -0.4 is 0 Å². The first-order valence-corrected chi connectivity index (χ1v) is 9.22. The minimum Gasteiger partial charge on any atom is -0.393 e. The third kappa shape index (κ3) is 4.17. The van der Waals surface area contributed by atoms with Crippen LogP contribution in [0.3, 0.4) is 0 Å². The highest BCUT2D eigenvalue weighted by Gasteiger charge is 2.31. The molecule has 2 fully saturated rings. The summed E-state index contributed by atoms with van der Waals surface area (Å²) in [5.74, 6) is 0.771. The van der Waals surface area contributed by atoms with E-state index in [2.05, 4.69) is 0 Å². The van der Waals surface area contributed by atoms with E-state index in [0.29, 0.717) is 18.2 Å². The maximum atomic E-state index is 12.3. The second-order valence-electron chi connectivity index (χ2n) is 6.32. The van der Waals surface area contributed by atoms with Gasteiger partial charge in [-0.1, -0.05) is 25.7 Å². The van der Waals surface area contributed by atoms with Crippen LogP contribution in [-0.2, 0) is 10.0 Å². The number of aliphatic hydroxyl groups excluding tert-OH is 1. The molecule has 0 radical (unpaired) electrons. The van der Waals surface area contributed by atoms with E-state index in [0.717, 1.165) is 32.1 Å². The van der Waals surface area contributed by atoms with Crippen molar-refractivity contribution in [2.75, 3.05) is 19.3 Å². The topological polar surface area (TPSA) is 57.6 Å². The fourth-order valence-electron chi connectivity index (χ4n) is 3.45. The van der Waals surface area contributed by atoms with E-state index in [4.69, 9.17) is 0 Å². The van der Waals surface area contributed by atoms with Gasteiger partial charge in [0.15, 0.2) is 0 Å². The van der Waals surface area contributed by atoms with Gasteiger partial charge in [0, 0.05) is 13.6 Å². The highest BCUT2D eigenvalue weighted by Crippen LogP contribution is 2.28. The van der Waals surface area contributed by atoms with Crippen molar-refractivity contribution in [3.05, 3.63) is 0 Å². The third-order valence-corrected chi connectivity index (χ3v) is 6.75. The van der Waals surface area contributed by atoms with Gasteiger partial charge < -0.3 is 5.11 Å². The van der Waals surface area contributed by atoms with Gasteiger partial charge in [-0.15, -0.1) is 0 Å². The van der Waals surface area contributed by atoms with Gasteiger partial charge in [0.2, 0.25) is 10.0 Å². The number of hydrogen-bond donors (Lipinski definition) is 1. The molecule has 0 spiro atoms. The van der Waals surface area contributed by atoms with E-state index >= 15 is 0 Å². The summed E-state index contributed by atoms with van der Waals surface area (Å²) in [6.45, 7) is 0.482. The van der Waals surface area contributed by atoms with Gasteiger partial charge >= 0.3 is 0 Å². The second kappa shape index (κ2) is 6.55. The summed E-state index contributed by atoms with van der Waals surface area (Å²) in [6.07, 6.45) is 8.18. The van der Waals surface area contributed by atoms with Crippen LogP contribution >= 0.6 is 0 Å². The fourth-order valence-corrected chi connectivity index (χ4v) is 5.06. The largest absolute Gasteiger partial charge is 0.393 e. The van der Waals surface area contributed by atoms with E-state index in [1.54, 1.807) is 7.05 Å². The minimum atomic E-state index is -3.15. The van der Waals surface area contributed by atoms with Crippen molar-refractivity contribution in [3.8, 4) is 0 Å². The molecule has 2 atom stereocenters. The van der Waals surface area contributed by atoms with E-state index in [1.807, 2.05) is 0 Å². The van der Waals surface area contributed by atoms with E-state index < -0.39 is 10.0 Å². The molecule has 1 N–H and O–H groups in total. The maximum absolute atomic E-state index is 12.3. The second-order valence-corrected chi connectivity index (χ2v) is 8.44. The van der Waals surface area contributed by atoms with Crippen molar-refractivity contribution < 1.29 is 13.5 Å². The quantitative estimate of drug-likeness (QED) is 0.842. The maximum Gasteiger partial charge on any atom is 0.214 e. The molecule has 4 nitrogen and oxygen atoms in total. The van der Waals surface area contributed by atoms with Crippen LogP contribution in [0.2, 0.25) is 0 Å². The molecular formula is C14H27NO3S. The summed E-state index contributed by atoms with van der Waals surface area (Å²) in [5, 5.41) is 9.80. The van der Waals surface area contributed by atoms with Crippen LogP contribution in [0.15, 0.2) is 0 Å². The van der Waals surface area contributed by atoms with Crippen LogP contribution in [-0.4, -0.2) is 43.3 Å². The van der Waals surface area contributed by atoms with Crippen molar-refractivity contribution in [1.29, 1.82) is 0 Å². The molecule has 19 heavy (non-hydrogen) atoms. The Hall–Kier alpha value is -0.130. The monoisotopic (exact) mass is 289 g/mol. The molecular weight excluding hydrogens is 262 g/mol. The summed E-state index contributed by atoms with van der Waals surface area (Å²) in [7, 11) is -1.48. The number of hydrogen-bond acceptors (Lipinski definition) is 3. The van der Waals surface area contributed by atoms with Gasteiger partial charge in [0.25, 0.3) is 0 Å². The molecule has 112 valence electrons. The molecule has 0 aliphatic heterocycles. The van der Waals surface area contributed by atoms with Crippen molar-refractivity contribution >= 4 is 10.0 Å². The van der Waals surface area contributed by atoms with Gasteiger partial charge in [-0.2, -0.15) is 0 Å². The summed E-state index contributed by atoms with van der Waals surface area (Å²) in [4.78, 5) is 0. The Kier molecular flexibility index (Phi) is 5.26. The molecule has 2 aliphatic carbocycles. The van der Waals surface area contributed by atoms with Gasteiger partial charge in [0.05, 0.1) is 11.9 Å². The fraction of sp³-hybridized carbons (Fsp3) is 1.00. The van der Waals surface area contributed by atoms with Crippen LogP contribution in [0.1, 0.15) is 51.4 Å². The van der Waals surface area contributed by atoms with Crippen molar-refractivity contribution in [1.82, 2.24) is 4.31 Å². The van der Waals surface area contributed by atoms with Crippen LogP contribution in [0.4, 0.5) is 0 Å². The lowest BCUT2D eigenvalue weighted by molar-refractivity contribution is 0.123. The standard InChI is InChI=1S/C14H27NO3S/c1-15(10-13-8-5-9-14(13)16)19(17,18)11-12-6-3-2-4-7-12/h12-14,16H,2-11H2,1H3. The summed E-state index contributed by atoms with van der Waals surface area (Å²) in [5.41, 5.74) is 0. The molecule has 2 aliphatic rings. The molecule has 0 heterocycles. The Morgan fingerprint density at radius 1 is 1.05 bits per heavy atom. The summed E-state index contributed by atoms with van der Waals surface area (Å²) < 4.78 is 26.2. The summed E-state index contributed by atoms with van der Waals surface area (Å²) in [6, 6.07) is 0. The zero-order chi connectivity index (χ0) is 13.9. The molecule has 5 heteroatoms. The van der Waals surface area contributed by atoms with Gasteiger partial charge in [-0.25, -0.2) is 12.7 Å². The summed E-state index contributed by atoms with van der Waals surface area (Å²) >= 11 is 0.